The normalized spacial score (nSPS) is 17.2. The molecule has 0 radical (unpaired) electrons. The van der Waals surface area contributed by atoms with Gasteiger partial charge in [0.15, 0.2) is 0 Å². The van der Waals surface area contributed by atoms with Crippen molar-refractivity contribution in [3.8, 4) is 11.5 Å². The van der Waals surface area contributed by atoms with E-state index in [-0.39, 0.29) is 6.04 Å². The van der Waals surface area contributed by atoms with E-state index in [1.807, 2.05) is 31.2 Å². The first-order chi connectivity index (χ1) is 9.13. The number of benzene rings is 2. The Morgan fingerprint density at radius 3 is 2.74 bits per heavy atom. The van der Waals surface area contributed by atoms with E-state index in [1.165, 1.54) is 11.1 Å². The summed E-state index contributed by atoms with van der Waals surface area (Å²) in [5.74, 6) is 0.655. The predicted octanol–water partition coefficient (Wildman–Crippen LogP) is 3.51. The third-order valence-electron chi connectivity index (χ3n) is 3.74. The van der Waals surface area contributed by atoms with Crippen LogP contribution in [0, 0.1) is 6.92 Å². The number of anilines is 1. The minimum atomic E-state index is 0.277. The molecule has 0 bridgehead atoms. The maximum atomic E-state index is 9.54. The van der Waals surface area contributed by atoms with Crippen molar-refractivity contribution >= 4 is 5.69 Å². The number of fused-ring (bicyclic) bond motifs is 1. The van der Waals surface area contributed by atoms with Gasteiger partial charge < -0.3 is 15.5 Å². The molecule has 2 aromatic carbocycles. The summed E-state index contributed by atoms with van der Waals surface area (Å²) in [6, 6.07) is 11.4. The number of hydrogen-bond acceptors (Lipinski definition) is 3. The van der Waals surface area contributed by atoms with Crippen LogP contribution >= 0.6 is 0 Å². The van der Waals surface area contributed by atoms with Crippen LogP contribution in [0.1, 0.15) is 29.2 Å². The summed E-state index contributed by atoms with van der Waals surface area (Å²) < 4.78 is 0. The molecule has 1 aliphatic carbocycles. The molecule has 0 spiro atoms. The molecule has 0 aliphatic heterocycles. The van der Waals surface area contributed by atoms with E-state index < -0.39 is 0 Å². The summed E-state index contributed by atoms with van der Waals surface area (Å²) >= 11 is 0. The Balaban J connectivity index is 1.84. The lowest BCUT2D eigenvalue weighted by Crippen LogP contribution is -2.07. The second kappa shape index (κ2) is 4.50. The molecule has 2 aromatic rings. The molecule has 1 aliphatic rings. The van der Waals surface area contributed by atoms with Crippen LogP contribution in [0.4, 0.5) is 5.69 Å². The van der Waals surface area contributed by atoms with Crippen LogP contribution in [0.3, 0.4) is 0 Å². The summed E-state index contributed by atoms with van der Waals surface area (Å²) in [7, 11) is 0. The van der Waals surface area contributed by atoms with Gasteiger partial charge in [-0.2, -0.15) is 0 Å². The van der Waals surface area contributed by atoms with E-state index in [9.17, 15) is 10.2 Å². The number of rotatable bonds is 2. The minimum absolute atomic E-state index is 0.277. The van der Waals surface area contributed by atoms with Gasteiger partial charge in [0.05, 0.1) is 6.04 Å². The van der Waals surface area contributed by atoms with Crippen molar-refractivity contribution in [2.75, 3.05) is 5.32 Å². The average molecular weight is 255 g/mol. The van der Waals surface area contributed by atoms with E-state index in [2.05, 4.69) is 5.32 Å². The van der Waals surface area contributed by atoms with E-state index in [0.717, 1.165) is 24.1 Å². The molecular weight excluding hydrogens is 238 g/mol. The Labute approximate surface area is 112 Å². The van der Waals surface area contributed by atoms with Gasteiger partial charge >= 0.3 is 0 Å². The third kappa shape index (κ3) is 2.24. The molecule has 1 atom stereocenters. The van der Waals surface area contributed by atoms with E-state index in [0.29, 0.717) is 11.5 Å². The minimum Gasteiger partial charge on any atom is -0.508 e. The highest BCUT2D eigenvalue weighted by Crippen LogP contribution is 2.36. The van der Waals surface area contributed by atoms with Gasteiger partial charge in [0.1, 0.15) is 11.5 Å². The lowest BCUT2D eigenvalue weighted by atomic mass is 10.1. The van der Waals surface area contributed by atoms with Crippen LogP contribution in [0.25, 0.3) is 0 Å². The van der Waals surface area contributed by atoms with Gasteiger partial charge in [-0.1, -0.05) is 6.07 Å². The van der Waals surface area contributed by atoms with Gasteiger partial charge in [0.2, 0.25) is 0 Å². The van der Waals surface area contributed by atoms with Crippen molar-refractivity contribution in [3.63, 3.8) is 0 Å². The molecule has 1 unspecified atom stereocenters. The van der Waals surface area contributed by atoms with Crippen LogP contribution in [0.2, 0.25) is 0 Å². The Morgan fingerprint density at radius 1 is 1.11 bits per heavy atom. The lowest BCUT2D eigenvalue weighted by molar-refractivity contribution is 0.471. The van der Waals surface area contributed by atoms with Gasteiger partial charge in [-0.15, -0.1) is 0 Å². The predicted molar refractivity (Wildman–Crippen MR) is 75.6 cm³/mol. The SMILES string of the molecule is Cc1cc(NC2CCc3cc(O)ccc32)ccc1O. The smallest absolute Gasteiger partial charge is 0.118 e. The van der Waals surface area contributed by atoms with Gasteiger partial charge in [-0.25, -0.2) is 0 Å². The number of phenolic OH excluding ortho intramolecular Hbond substituents is 2. The number of phenols is 2. The molecule has 3 rings (SSSR count). The maximum Gasteiger partial charge on any atom is 0.118 e. The Hall–Kier alpha value is -2.16. The summed E-state index contributed by atoms with van der Waals surface area (Å²) in [6.45, 7) is 1.89. The molecule has 3 N–H and O–H groups in total. The van der Waals surface area contributed by atoms with Gasteiger partial charge in [0.25, 0.3) is 0 Å². The topological polar surface area (TPSA) is 52.5 Å². The number of aromatic hydroxyl groups is 2. The van der Waals surface area contributed by atoms with Crippen LogP contribution in [-0.4, -0.2) is 10.2 Å². The van der Waals surface area contributed by atoms with Gasteiger partial charge in [0, 0.05) is 5.69 Å². The number of aryl methyl sites for hydroxylation is 2. The third-order valence-corrected chi connectivity index (χ3v) is 3.74. The van der Waals surface area contributed by atoms with E-state index in [4.69, 9.17) is 0 Å². The zero-order valence-electron chi connectivity index (χ0n) is 10.9. The van der Waals surface area contributed by atoms with Crippen LogP contribution < -0.4 is 5.32 Å². The summed E-state index contributed by atoms with van der Waals surface area (Å²) in [4.78, 5) is 0. The second-order valence-corrected chi connectivity index (χ2v) is 5.12. The van der Waals surface area contributed by atoms with Gasteiger partial charge in [-0.3, -0.25) is 0 Å². The molecular formula is C16H17NO2. The molecule has 98 valence electrons. The van der Waals surface area contributed by atoms with Crippen LogP contribution in [0.5, 0.6) is 11.5 Å². The molecule has 0 amide bonds. The summed E-state index contributed by atoms with van der Waals surface area (Å²) in [5.41, 5.74) is 4.35. The van der Waals surface area contributed by atoms with Crippen molar-refractivity contribution in [1.82, 2.24) is 0 Å². The van der Waals surface area contributed by atoms with Gasteiger partial charge in [-0.05, 0) is 66.8 Å². The highest BCUT2D eigenvalue weighted by Gasteiger charge is 2.22. The lowest BCUT2D eigenvalue weighted by Gasteiger charge is -2.16. The standard InChI is InChI=1S/C16H17NO2/c1-10-8-12(3-7-16(10)19)17-15-6-2-11-9-13(18)4-5-14(11)15/h3-5,7-9,15,17-19H,2,6H2,1H3. The molecule has 0 heterocycles. The van der Waals surface area contributed by atoms with Crippen molar-refractivity contribution < 1.29 is 10.2 Å². The molecule has 0 aromatic heterocycles. The van der Waals surface area contributed by atoms with Crippen molar-refractivity contribution in [2.45, 2.75) is 25.8 Å². The Bertz CT molecular complexity index is 622. The van der Waals surface area contributed by atoms with Crippen molar-refractivity contribution in [1.29, 1.82) is 0 Å². The second-order valence-electron chi connectivity index (χ2n) is 5.12. The van der Waals surface area contributed by atoms with E-state index >= 15 is 0 Å². The first kappa shape index (κ1) is 11.9. The molecule has 0 saturated carbocycles. The summed E-state index contributed by atoms with van der Waals surface area (Å²) in [6.07, 6.45) is 2.01. The average Bonchev–Trinajstić information content (AvgIpc) is 2.76. The highest BCUT2D eigenvalue weighted by atomic mass is 16.3. The largest absolute Gasteiger partial charge is 0.508 e. The Morgan fingerprint density at radius 2 is 1.95 bits per heavy atom. The molecule has 3 nitrogen and oxygen atoms in total. The van der Waals surface area contributed by atoms with Crippen molar-refractivity contribution in [3.05, 3.63) is 53.1 Å². The van der Waals surface area contributed by atoms with Crippen molar-refractivity contribution in [2.24, 2.45) is 0 Å². The fourth-order valence-electron chi connectivity index (χ4n) is 2.70. The highest BCUT2D eigenvalue weighted by molar-refractivity contribution is 5.53. The molecule has 0 fully saturated rings. The monoisotopic (exact) mass is 255 g/mol. The first-order valence-electron chi connectivity index (χ1n) is 6.51. The zero-order valence-corrected chi connectivity index (χ0v) is 10.9. The quantitative estimate of drug-likeness (QED) is 0.720. The van der Waals surface area contributed by atoms with Crippen LogP contribution in [0.15, 0.2) is 36.4 Å². The molecule has 0 saturated heterocycles. The van der Waals surface area contributed by atoms with E-state index in [1.54, 1.807) is 12.1 Å². The number of hydrogen-bond donors (Lipinski definition) is 3. The fraction of sp³-hybridized carbons (Fsp3) is 0.250. The maximum absolute atomic E-state index is 9.54. The first-order valence-corrected chi connectivity index (χ1v) is 6.51. The molecule has 19 heavy (non-hydrogen) atoms. The number of nitrogens with one attached hydrogen (secondary N) is 1. The molecule has 3 heteroatoms. The summed E-state index contributed by atoms with van der Waals surface area (Å²) in [5, 5.41) is 22.5. The zero-order chi connectivity index (χ0) is 13.4. The Kier molecular flexibility index (Phi) is 2.82. The fourth-order valence-corrected chi connectivity index (χ4v) is 2.70. The van der Waals surface area contributed by atoms with Crippen LogP contribution in [-0.2, 0) is 6.42 Å².